The molecule has 0 N–H and O–H groups in total. The molecule has 3 heteroatoms. The molecule has 202 valence electrons. The first kappa shape index (κ1) is 24.6. The second kappa shape index (κ2) is 9.81. The van der Waals surface area contributed by atoms with E-state index in [0.29, 0.717) is 0 Å². The van der Waals surface area contributed by atoms with Gasteiger partial charge >= 0.3 is 0 Å². The lowest BCUT2D eigenvalue weighted by molar-refractivity contribution is 1.31. The summed E-state index contributed by atoms with van der Waals surface area (Å²) in [6.07, 6.45) is 0. The van der Waals surface area contributed by atoms with E-state index in [1.165, 1.54) is 67.9 Å². The standard InChI is InChI=1S/C40H25NS2/c1-2-9-26(10-3-1)27-17-21-29(22-18-27)41(36-14-8-13-33-31-11-4-7-16-38(31)43-40(33)36)30-23-19-28-20-24-34-32-12-5-6-15-37(32)42-39(34)35(28)25-30/h1-25H. The van der Waals surface area contributed by atoms with Gasteiger partial charge in [-0.1, -0.05) is 109 Å². The van der Waals surface area contributed by atoms with E-state index in [0.717, 1.165) is 11.4 Å². The number of thiophene rings is 2. The quantitative estimate of drug-likeness (QED) is 0.199. The van der Waals surface area contributed by atoms with Crippen LogP contribution in [0, 0.1) is 0 Å². The molecular formula is C40H25NS2. The Bertz CT molecular complexity index is 2450. The van der Waals surface area contributed by atoms with Gasteiger partial charge in [0.05, 0.1) is 10.4 Å². The minimum Gasteiger partial charge on any atom is -0.309 e. The second-order valence-corrected chi connectivity index (χ2v) is 13.1. The van der Waals surface area contributed by atoms with Crippen molar-refractivity contribution >= 4 is 90.9 Å². The van der Waals surface area contributed by atoms with Crippen LogP contribution in [0.5, 0.6) is 0 Å². The number of hydrogen-bond donors (Lipinski definition) is 0. The average Bonchev–Trinajstić information content (AvgIpc) is 3.65. The van der Waals surface area contributed by atoms with Gasteiger partial charge in [-0.15, -0.1) is 22.7 Å². The number of benzene rings is 7. The van der Waals surface area contributed by atoms with E-state index in [2.05, 4.69) is 157 Å². The average molecular weight is 584 g/mol. The molecule has 1 nitrogen and oxygen atoms in total. The van der Waals surface area contributed by atoms with Crippen molar-refractivity contribution in [2.45, 2.75) is 0 Å². The molecule has 0 aliphatic rings. The molecule has 0 fully saturated rings. The van der Waals surface area contributed by atoms with E-state index in [9.17, 15) is 0 Å². The molecule has 0 aliphatic carbocycles. The summed E-state index contributed by atoms with van der Waals surface area (Å²) in [6, 6.07) is 55.4. The predicted molar refractivity (Wildman–Crippen MR) is 190 cm³/mol. The molecule has 0 amide bonds. The van der Waals surface area contributed by atoms with Crippen molar-refractivity contribution in [2.75, 3.05) is 4.90 Å². The maximum atomic E-state index is 2.44. The topological polar surface area (TPSA) is 3.24 Å². The minimum absolute atomic E-state index is 1.15. The van der Waals surface area contributed by atoms with E-state index in [4.69, 9.17) is 0 Å². The van der Waals surface area contributed by atoms with E-state index in [1.54, 1.807) is 0 Å². The van der Waals surface area contributed by atoms with Gasteiger partial charge in [-0.2, -0.15) is 0 Å². The number of fused-ring (bicyclic) bond motifs is 8. The minimum atomic E-state index is 1.15. The molecule has 9 aromatic rings. The Balaban J connectivity index is 1.30. The molecule has 7 aromatic carbocycles. The van der Waals surface area contributed by atoms with Gasteiger partial charge in [-0.3, -0.25) is 0 Å². The Morgan fingerprint density at radius 3 is 1.72 bits per heavy atom. The van der Waals surface area contributed by atoms with Crippen molar-refractivity contribution in [3.05, 3.63) is 152 Å². The van der Waals surface area contributed by atoms with Crippen molar-refractivity contribution < 1.29 is 0 Å². The van der Waals surface area contributed by atoms with Crippen molar-refractivity contribution in [1.82, 2.24) is 0 Å². The molecule has 43 heavy (non-hydrogen) atoms. The molecular weight excluding hydrogens is 559 g/mol. The van der Waals surface area contributed by atoms with Gasteiger partial charge in [0.2, 0.25) is 0 Å². The molecule has 0 atom stereocenters. The summed E-state index contributed by atoms with van der Waals surface area (Å²) in [5.74, 6) is 0. The third-order valence-corrected chi connectivity index (χ3v) is 10.9. The lowest BCUT2D eigenvalue weighted by atomic mass is 10.0. The Kier molecular flexibility index (Phi) is 5.62. The Hall–Kier alpha value is -4.96. The van der Waals surface area contributed by atoms with Crippen LogP contribution < -0.4 is 4.90 Å². The van der Waals surface area contributed by atoms with Gasteiger partial charge in [-0.25, -0.2) is 0 Å². The van der Waals surface area contributed by atoms with Crippen LogP contribution in [0.3, 0.4) is 0 Å². The van der Waals surface area contributed by atoms with Crippen LogP contribution in [0.1, 0.15) is 0 Å². The van der Waals surface area contributed by atoms with Crippen LogP contribution in [0.15, 0.2) is 152 Å². The van der Waals surface area contributed by atoms with E-state index < -0.39 is 0 Å². The van der Waals surface area contributed by atoms with Crippen molar-refractivity contribution in [3.8, 4) is 11.1 Å². The highest BCUT2D eigenvalue weighted by atomic mass is 32.1. The predicted octanol–water partition coefficient (Wildman–Crippen LogP) is 12.7. The normalized spacial score (nSPS) is 11.7. The van der Waals surface area contributed by atoms with E-state index >= 15 is 0 Å². The largest absolute Gasteiger partial charge is 0.309 e. The molecule has 0 unspecified atom stereocenters. The van der Waals surface area contributed by atoms with Crippen LogP contribution in [0.4, 0.5) is 17.1 Å². The van der Waals surface area contributed by atoms with Gasteiger partial charge < -0.3 is 4.90 Å². The van der Waals surface area contributed by atoms with Gasteiger partial charge in [0.25, 0.3) is 0 Å². The molecule has 2 aromatic heterocycles. The van der Waals surface area contributed by atoms with Crippen LogP contribution in [-0.2, 0) is 0 Å². The van der Waals surface area contributed by atoms with Crippen molar-refractivity contribution in [2.24, 2.45) is 0 Å². The van der Waals surface area contributed by atoms with Crippen LogP contribution in [0.2, 0.25) is 0 Å². The van der Waals surface area contributed by atoms with Crippen LogP contribution >= 0.6 is 22.7 Å². The highest BCUT2D eigenvalue weighted by molar-refractivity contribution is 7.27. The second-order valence-electron chi connectivity index (χ2n) is 10.9. The fourth-order valence-corrected chi connectivity index (χ4v) is 8.83. The maximum Gasteiger partial charge on any atom is 0.0640 e. The van der Waals surface area contributed by atoms with E-state index in [1.807, 2.05) is 22.7 Å². The number of rotatable bonds is 4. The van der Waals surface area contributed by atoms with Gasteiger partial charge in [0.15, 0.2) is 0 Å². The summed E-state index contributed by atoms with van der Waals surface area (Å²) in [7, 11) is 0. The summed E-state index contributed by atoms with van der Waals surface area (Å²) in [6.45, 7) is 0. The highest BCUT2D eigenvalue weighted by Gasteiger charge is 2.19. The van der Waals surface area contributed by atoms with Gasteiger partial charge in [0.1, 0.15) is 0 Å². The lowest BCUT2D eigenvalue weighted by Gasteiger charge is -2.26. The Morgan fingerprint density at radius 2 is 0.953 bits per heavy atom. The first-order valence-electron chi connectivity index (χ1n) is 14.5. The summed E-state index contributed by atoms with van der Waals surface area (Å²) < 4.78 is 5.30. The van der Waals surface area contributed by atoms with E-state index in [-0.39, 0.29) is 0 Å². The summed E-state index contributed by atoms with van der Waals surface area (Å²) >= 11 is 3.77. The van der Waals surface area contributed by atoms with Crippen molar-refractivity contribution in [3.63, 3.8) is 0 Å². The number of nitrogens with zero attached hydrogens (tertiary/aromatic N) is 1. The molecule has 2 heterocycles. The third kappa shape index (κ3) is 3.97. The first-order valence-corrected chi connectivity index (χ1v) is 16.1. The number of anilines is 3. The summed E-state index contributed by atoms with van der Waals surface area (Å²) in [5, 5.41) is 7.84. The van der Waals surface area contributed by atoms with Crippen LogP contribution in [0.25, 0.3) is 62.2 Å². The van der Waals surface area contributed by atoms with Crippen molar-refractivity contribution in [1.29, 1.82) is 0 Å². The monoisotopic (exact) mass is 583 g/mol. The number of hydrogen-bond acceptors (Lipinski definition) is 3. The molecule has 0 bridgehead atoms. The van der Waals surface area contributed by atoms with Gasteiger partial charge in [-0.05, 0) is 59.0 Å². The molecule has 0 aliphatic heterocycles. The highest BCUT2D eigenvalue weighted by Crippen LogP contribution is 2.46. The molecule has 0 radical (unpaired) electrons. The summed E-state index contributed by atoms with van der Waals surface area (Å²) in [4.78, 5) is 2.44. The lowest BCUT2D eigenvalue weighted by Crippen LogP contribution is -2.10. The molecule has 0 saturated carbocycles. The molecule has 0 saturated heterocycles. The smallest absolute Gasteiger partial charge is 0.0640 e. The zero-order valence-electron chi connectivity index (χ0n) is 23.2. The fourth-order valence-electron chi connectivity index (χ4n) is 6.40. The first-order chi connectivity index (χ1) is 21.3. The Labute approximate surface area is 257 Å². The summed E-state index contributed by atoms with van der Waals surface area (Å²) in [5.41, 5.74) is 5.95. The zero-order valence-corrected chi connectivity index (χ0v) is 24.8. The SMILES string of the molecule is c1ccc(-c2ccc(N(c3ccc4ccc5c6ccccc6sc5c4c3)c3cccc4c3sc3ccccc34)cc2)cc1. The third-order valence-electron chi connectivity index (χ3n) is 8.46. The molecule has 0 spiro atoms. The van der Waals surface area contributed by atoms with Gasteiger partial charge in [0, 0.05) is 52.4 Å². The Morgan fingerprint density at radius 1 is 0.372 bits per heavy atom. The maximum absolute atomic E-state index is 2.44. The molecule has 9 rings (SSSR count). The zero-order chi connectivity index (χ0) is 28.3. The van der Waals surface area contributed by atoms with Crippen LogP contribution in [-0.4, -0.2) is 0 Å². The fraction of sp³-hybridized carbons (Fsp3) is 0.